The average molecular weight is 169 g/mol. The first kappa shape index (κ1) is 8.58. The first-order valence-corrected chi connectivity index (χ1v) is 3.56. The van der Waals surface area contributed by atoms with Crippen molar-refractivity contribution in [2.75, 3.05) is 6.61 Å². The van der Waals surface area contributed by atoms with Crippen LogP contribution in [0.15, 0.2) is 0 Å². The summed E-state index contributed by atoms with van der Waals surface area (Å²) in [7, 11) is 0. The van der Waals surface area contributed by atoms with Crippen LogP contribution in [0.25, 0.3) is 0 Å². The van der Waals surface area contributed by atoms with E-state index in [1.807, 2.05) is 0 Å². The van der Waals surface area contributed by atoms with Gasteiger partial charge in [0, 0.05) is 5.56 Å². The molecular weight excluding hydrogens is 160 g/mol. The van der Waals surface area contributed by atoms with Gasteiger partial charge in [0.05, 0.1) is 18.3 Å². The van der Waals surface area contributed by atoms with E-state index in [-0.39, 0.29) is 5.69 Å². The number of carboxylic acid groups (broad SMARTS) is 1. The van der Waals surface area contributed by atoms with Gasteiger partial charge in [-0.3, -0.25) is 5.10 Å². The highest BCUT2D eigenvalue weighted by molar-refractivity contribution is 5.85. The predicted octanol–water partition coefficient (Wildman–Crippen LogP) is -0.520. The van der Waals surface area contributed by atoms with Crippen LogP contribution < -0.4 is 9.84 Å². The summed E-state index contributed by atoms with van der Waals surface area (Å²) in [5.41, 5.74) is 0.440. The van der Waals surface area contributed by atoms with Crippen molar-refractivity contribution in [2.24, 2.45) is 0 Å². The van der Waals surface area contributed by atoms with Gasteiger partial charge < -0.3 is 14.6 Å². The lowest BCUT2D eigenvalue weighted by atomic mass is 10.3. The lowest BCUT2D eigenvalue weighted by Gasteiger charge is -2.00. The molecule has 0 fully saturated rings. The Morgan fingerprint density at radius 1 is 1.75 bits per heavy atom. The quantitative estimate of drug-likeness (QED) is 0.660. The van der Waals surface area contributed by atoms with Crippen LogP contribution in [0.5, 0.6) is 5.88 Å². The van der Waals surface area contributed by atoms with Crippen molar-refractivity contribution in [1.82, 2.24) is 10.2 Å². The molecule has 0 spiro atoms. The summed E-state index contributed by atoms with van der Waals surface area (Å²) in [5, 5.41) is 16.4. The molecule has 1 aromatic heterocycles. The van der Waals surface area contributed by atoms with Crippen LogP contribution in [-0.2, 0) is 0 Å². The van der Waals surface area contributed by atoms with Crippen LogP contribution in [0.2, 0.25) is 0 Å². The highest BCUT2D eigenvalue weighted by atomic mass is 16.5. The molecule has 0 unspecified atom stereocenters. The number of aromatic carboxylic acids is 1. The fourth-order valence-electron chi connectivity index (χ4n) is 0.857. The second kappa shape index (κ2) is 3.25. The van der Waals surface area contributed by atoms with Crippen LogP contribution in [0.1, 0.15) is 23.0 Å². The van der Waals surface area contributed by atoms with Crippen molar-refractivity contribution in [3.8, 4) is 5.88 Å². The third kappa shape index (κ3) is 1.39. The number of nitrogens with one attached hydrogen (secondary N) is 1. The highest BCUT2D eigenvalue weighted by Crippen LogP contribution is 2.16. The molecular formula is C7H9N2O3-. The second-order valence-electron chi connectivity index (χ2n) is 2.25. The van der Waals surface area contributed by atoms with E-state index in [4.69, 9.17) is 4.74 Å². The largest absolute Gasteiger partial charge is 0.543 e. The topological polar surface area (TPSA) is 78.0 Å². The minimum atomic E-state index is -1.27. The van der Waals surface area contributed by atoms with Gasteiger partial charge in [-0.25, -0.2) is 0 Å². The number of H-pyrrole nitrogens is 1. The molecule has 1 heterocycles. The first-order chi connectivity index (χ1) is 5.66. The molecule has 5 heteroatoms. The molecule has 0 saturated carbocycles. The molecule has 0 amide bonds. The molecule has 1 rings (SSSR count). The Labute approximate surface area is 69.4 Å². The van der Waals surface area contributed by atoms with E-state index in [2.05, 4.69) is 10.2 Å². The minimum absolute atomic E-state index is 0.0292. The van der Waals surface area contributed by atoms with Crippen LogP contribution in [0.4, 0.5) is 0 Å². The maximum atomic E-state index is 10.4. The smallest absolute Gasteiger partial charge is 0.236 e. The van der Waals surface area contributed by atoms with Gasteiger partial charge in [0.25, 0.3) is 0 Å². The zero-order valence-corrected chi connectivity index (χ0v) is 6.88. The third-order valence-electron chi connectivity index (χ3n) is 1.45. The van der Waals surface area contributed by atoms with Crippen LogP contribution in [0.3, 0.4) is 0 Å². The molecule has 1 N–H and O–H groups in total. The zero-order valence-electron chi connectivity index (χ0n) is 6.88. The fraction of sp³-hybridized carbons (Fsp3) is 0.429. The Balaban J connectivity index is 2.96. The van der Waals surface area contributed by atoms with E-state index in [9.17, 15) is 9.90 Å². The standard InChI is InChI=1S/C7H10N2O3/c1-3-12-6-4(2)5(7(10)11)8-9-6/h3H2,1-2H3,(H,8,9)(H,10,11)/p-1. The maximum Gasteiger partial charge on any atom is 0.236 e. The minimum Gasteiger partial charge on any atom is -0.543 e. The second-order valence-corrected chi connectivity index (χ2v) is 2.25. The Hall–Kier alpha value is -1.52. The van der Waals surface area contributed by atoms with Crippen molar-refractivity contribution >= 4 is 5.97 Å². The first-order valence-electron chi connectivity index (χ1n) is 3.56. The number of rotatable bonds is 3. The van der Waals surface area contributed by atoms with Gasteiger partial charge >= 0.3 is 0 Å². The predicted molar refractivity (Wildman–Crippen MR) is 38.8 cm³/mol. The zero-order chi connectivity index (χ0) is 9.14. The SMILES string of the molecule is CCOc1n[nH]c(C(=O)[O-])c1C. The summed E-state index contributed by atoms with van der Waals surface area (Å²) < 4.78 is 5.03. The van der Waals surface area contributed by atoms with Crippen molar-refractivity contribution in [2.45, 2.75) is 13.8 Å². The summed E-state index contributed by atoms with van der Waals surface area (Å²) in [4.78, 5) is 10.4. The fourth-order valence-corrected chi connectivity index (χ4v) is 0.857. The number of ether oxygens (including phenoxy) is 1. The molecule has 0 aliphatic rings. The van der Waals surface area contributed by atoms with Gasteiger partial charge in [0.15, 0.2) is 0 Å². The Morgan fingerprint density at radius 3 is 2.83 bits per heavy atom. The van der Waals surface area contributed by atoms with E-state index in [1.54, 1.807) is 13.8 Å². The number of carbonyl (C=O) groups excluding carboxylic acids is 1. The lowest BCUT2D eigenvalue weighted by Crippen LogP contribution is -2.23. The lowest BCUT2D eigenvalue weighted by molar-refractivity contribution is -0.255. The van der Waals surface area contributed by atoms with Gasteiger partial charge in [-0.1, -0.05) is 0 Å². The molecule has 0 radical (unpaired) electrons. The highest BCUT2D eigenvalue weighted by Gasteiger charge is 2.09. The Morgan fingerprint density at radius 2 is 2.42 bits per heavy atom. The van der Waals surface area contributed by atoms with Crippen molar-refractivity contribution in [1.29, 1.82) is 0 Å². The molecule has 66 valence electrons. The van der Waals surface area contributed by atoms with Crippen molar-refractivity contribution < 1.29 is 14.6 Å². The van der Waals surface area contributed by atoms with E-state index in [0.29, 0.717) is 18.1 Å². The van der Waals surface area contributed by atoms with E-state index in [1.165, 1.54) is 0 Å². The summed E-state index contributed by atoms with van der Waals surface area (Å²) in [6.07, 6.45) is 0. The summed E-state index contributed by atoms with van der Waals surface area (Å²) in [6, 6.07) is 0. The average Bonchev–Trinajstić information content (AvgIpc) is 2.34. The Kier molecular flexibility index (Phi) is 2.32. The third-order valence-corrected chi connectivity index (χ3v) is 1.45. The van der Waals surface area contributed by atoms with E-state index < -0.39 is 5.97 Å². The van der Waals surface area contributed by atoms with Gasteiger partial charge in [-0.15, -0.1) is 5.10 Å². The molecule has 0 aliphatic carbocycles. The molecule has 12 heavy (non-hydrogen) atoms. The number of aromatic nitrogens is 2. The van der Waals surface area contributed by atoms with Gasteiger partial charge in [0.1, 0.15) is 0 Å². The maximum absolute atomic E-state index is 10.4. The van der Waals surface area contributed by atoms with Crippen LogP contribution >= 0.6 is 0 Å². The molecule has 0 aliphatic heterocycles. The molecule has 0 atom stereocenters. The molecule has 0 aromatic carbocycles. The van der Waals surface area contributed by atoms with E-state index in [0.717, 1.165) is 0 Å². The Bertz CT molecular complexity index is 293. The number of carboxylic acids is 1. The molecule has 0 saturated heterocycles. The number of hydrogen-bond donors (Lipinski definition) is 1. The number of nitrogens with zero attached hydrogens (tertiary/aromatic N) is 1. The summed E-state index contributed by atoms with van der Waals surface area (Å²) in [6.45, 7) is 3.87. The monoisotopic (exact) mass is 169 g/mol. The van der Waals surface area contributed by atoms with Gasteiger partial charge in [-0.2, -0.15) is 0 Å². The van der Waals surface area contributed by atoms with Gasteiger partial charge in [-0.05, 0) is 13.8 Å². The van der Waals surface area contributed by atoms with Crippen LogP contribution in [-0.4, -0.2) is 22.8 Å². The van der Waals surface area contributed by atoms with Crippen molar-refractivity contribution in [3.63, 3.8) is 0 Å². The summed E-state index contributed by atoms with van der Waals surface area (Å²) >= 11 is 0. The summed E-state index contributed by atoms with van der Waals surface area (Å²) in [5.74, 6) is -0.956. The number of carbonyl (C=O) groups is 1. The normalized spacial score (nSPS) is 9.83. The molecule has 5 nitrogen and oxygen atoms in total. The number of hydrogen-bond acceptors (Lipinski definition) is 4. The molecule has 1 aromatic rings. The molecule has 0 bridgehead atoms. The van der Waals surface area contributed by atoms with E-state index >= 15 is 0 Å². The number of aromatic amines is 1. The van der Waals surface area contributed by atoms with Crippen LogP contribution in [0, 0.1) is 6.92 Å². The van der Waals surface area contributed by atoms with Gasteiger partial charge in [0.2, 0.25) is 5.88 Å². The van der Waals surface area contributed by atoms with Crippen molar-refractivity contribution in [3.05, 3.63) is 11.3 Å².